The molecule has 0 unspecified atom stereocenters. The zero-order valence-corrected chi connectivity index (χ0v) is 79.4. The molecule has 3 aromatic carbocycles. The van der Waals surface area contributed by atoms with Crippen molar-refractivity contribution in [3.05, 3.63) is 145 Å². The van der Waals surface area contributed by atoms with Gasteiger partial charge in [0.05, 0.1) is 218 Å². The summed E-state index contributed by atoms with van der Waals surface area (Å²) in [5, 5.41) is 11.9. The lowest BCUT2D eigenvalue weighted by atomic mass is 10.0. The standard InChI is InChI=1S/C101H140N12O22/c1-77-91(134-46-12-8-6-10-42-112-44-36-102-75-112)72-78(73-92(77)135-47-13-9-7-11-43-113-45-37-103-76-113)97-81-32-34-85(110-81)98(100-87(130-48-16-24-93(114)104-38-52-122-64-68-126-60-56-118-2)20-14-21-88(100)131-49-17-25-94(115)105-39-53-123-65-69-127-61-57-119-3)83-30-28-79(108-83)74-80-29-31-84(109-80)99(86-35-33-82(97)111-86)101-89(132-50-18-26-95(116)106-40-54-124-66-70-128-62-58-120-4)22-15-23-90(101)133-51-19-27-96(117)107-41-55-125-67-71-129-63-59-121-5/h14-15,20-23,28-37,44-45,72-76,108,111H,6-13,16-19,24-27,38-43,46-71H2,1-5H3,(H,104,114)(H,105,115)(H,106,116)(H,107,117). The van der Waals surface area contributed by atoms with Crippen molar-refractivity contribution in [3.8, 4) is 67.9 Å². The lowest BCUT2D eigenvalue weighted by Crippen LogP contribution is -2.27. The van der Waals surface area contributed by atoms with E-state index in [1.165, 1.54) is 0 Å². The summed E-state index contributed by atoms with van der Waals surface area (Å²) in [4.78, 5) is 81.1. The van der Waals surface area contributed by atoms with E-state index in [-0.39, 0.29) is 75.7 Å². The smallest absolute Gasteiger partial charge is 0.220 e. The van der Waals surface area contributed by atoms with Crippen LogP contribution in [-0.4, -0.2) is 289 Å². The highest BCUT2D eigenvalue weighted by atomic mass is 16.6. The van der Waals surface area contributed by atoms with E-state index in [1.54, 1.807) is 40.8 Å². The number of nitrogens with zero attached hydrogens (tertiary/aromatic N) is 6. The van der Waals surface area contributed by atoms with E-state index in [1.807, 2.05) is 123 Å². The molecule has 5 aromatic heterocycles. The number of benzene rings is 3. The van der Waals surface area contributed by atoms with Crippen molar-refractivity contribution in [3.63, 3.8) is 0 Å². The number of fused-ring (bicyclic) bond motifs is 8. The van der Waals surface area contributed by atoms with Gasteiger partial charge in [-0.15, -0.1) is 0 Å². The first-order valence-corrected chi connectivity index (χ1v) is 47.4. The molecule has 6 N–H and O–H groups in total. The zero-order chi connectivity index (χ0) is 94.6. The highest BCUT2D eigenvalue weighted by molar-refractivity contribution is 6.00. The van der Waals surface area contributed by atoms with Gasteiger partial charge in [-0.05, 0) is 155 Å². The quantitative estimate of drug-likeness (QED) is 0.0193. The van der Waals surface area contributed by atoms with Gasteiger partial charge in [0.2, 0.25) is 23.6 Å². The number of nitrogens with one attached hydrogen (secondary N) is 6. The molecule has 7 heterocycles. The molecule has 0 radical (unpaired) electrons. The second kappa shape index (κ2) is 64.0. The van der Waals surface area contributed by atoms with Crippen LogP contribution in [-0.2, 0) is 89.1 Å². The molecule has 0 spiro atoms. The first-order chi connectivity index (χ1) is 66.5. The van der Waals surface area contributed by atoms with Crippen LogP contribution in [0.3, 0.4) is 0 Å². The Morgan fingerprint density at radius 2 is 0.644 bits per heavy atom. The molecule has 8 bridgehead atoms. The van der Waals surface area contributed by atoms with Crippen LogP contribution in [0, 0.1) is 6.92 Å². The summed E-state index contributed by atoms with van der Waals surface area (Å²) in [7, 11) is 6.49. The van der Waals surface area contributed by atoms with Crippen LogP contribution in [0.15, 0.2) is 116 Å². The molecule has 0 saturated heterocycles. The third-order valence-corrected chi connectivity index (χ3v) is 21.6. The molecule has 4 amide bonds. The number of H-pyrrole nitrogens is 2. The third kappa shape index (κ3) is 38.9. The van der Waals surface area contributed by atoms with Crippen molar-refractivity contribution < 1.29 is 104 Å². The first-order valence-electron chi connectivity index (χ1n) is 47.4. The van der Waals surface area contributed by atoms with Crippen molar-refractivity contribution in [2.45, 2.75) is 123 Å². The summed E-state index contributed by atoms with van der Waals surface area (Å²) < 4.78 is 111. The van der Waals surface area contributed by atoms with E-state index in [2.05, 4.69) is 62.5 Å². The molecular formula is C101H140N12O22. The molecule has 0 fully saturated rings. The molecule has 2 aliphatic rings. The fourth-order valence-corrected chi connectivity index (χ4v) is 14.7. The molecule has 8 aromatic rings. The van der Waals surface area contributed by atoms with E-state index >= 15 is 0 Å². The van der Waals surface area contributed by atoms with Crippen LogP contribution in [0.1, 0.15) is 131 Å². The van der Waals surface area contributed by atoms with Crippen molar-refractivity contribution in [1.82, 2.24) is 60.3 Å². The summed E-state index contributed by atoms with van der Waals surface area (Å²) in [6.45, 7) is 14.9. The Labute approximate surface area is 792 Å². The van der Waals surface area contributed by atoms with Crippen LogP contribution in [0.25, 0.3) is 79.8 Å². The van der Waals surface area contributed by atoms with Gasteiger partial charge < -0.3 is 126 Å². The average molecular weight is 1870 g/mol. The van der Waals surface area contributed by atoms with Crippen LogP contribution < -0.4 is 49.7 Å². The van der Waals surface area contributed by atoms with E-state index < -0.39 is 0 Å². The maximum atomic E-state index is 13.4. The first kappa shape index (κ1) is 106. The number of ether oxygens (including phenoxy) is 18. The fraction of sp³-hybridized carbons (Fsp3) is 0.525. The maximum absolute atomic E-state index is 13.4. The third-order valence-electron chi connectivity index (χ3n) is 21.6. The Morgan fingerprint density at radius 3 is 1.03 bits per heavy atom. The van der Waals surface area contributed by atoms with Crippen LogP contribution in [0.4, 0.5) is 0 Å². The topological polar surface area (TPSA) is 376 Å². The lowest BCUT2D eigenvalue weighted by molar-refractivity contribution is -0.122. The summed E-state index contributed by atoms with van der Waals surface area (Å²) in [5.74, 6) is 2.51. The van der Waals surface area contributed by atoms with Crippen molar-refractivity contribution >= 4 is 70.0 Å². The minimum atomic E-state index is -0.153. The number of amides is 4. The van der Waals surface area contributed by atoms with Gasteiger partial charge in [0.1, 0.15) is 34.5 Å². The predicted octanol–water partition coefficient (Wildman–Crippen LogP) is 13.5. The van der Waals surface area contributed by atoms with Crippen LogP contribution >= 0.6 is 0 Å². The summed E-state index contributed by atoms with van der Waals surface area (Å²) in [6.07, 6.45) is 28.9. The Bertz CT molecular complexity index is 4670. The van der Waals surface area contributed by atoms with Crippen molar-refractivity contribution in [2.24, 2.45) is 0 Å². The highest BCUT2D eigenvalue weighted by Crippen LogP contribution is 2.47. The van der Waals surface area contributed by atoms with E-state index in [0.717, 1.165) is 75.6 Å². The molecular weight excluding hydrogens is 1730 g/mol. The van der Waals surface area contributed by atoms with Crippen LogP contribution in [0.5, 0.6) is 34.5 Å². The number of unbranched alkanes of at least 4 members (excludes halogenated alkanes) is 6. The number of hydrogen-bond acceptors (Lipinski definition) is 26. The summed E-state index contributed by atoms with van der Waals surface area (Å²) in [6, 6.07) is 25.4. The predicted molar refractivity (Wildman–Crippen MR) is 517 cm³/mol. The molecule has 0 saturated carbocycles. The van der Waals surface area contributed by atoms with Gasteiger partial charge in [0.15, 0.2) is 0 Å². The van der Waals surface area contributed by atoms with Crippen molar-refractivity contribution in [1.29, 1.82) is 0 Å². The van der Waals surface area contributed by atoms with Gasteiger partial charge >= 0.3 is 0 Å². The molecule has 10 rings (SSSR count). The Balaban J connectivity index is 1.07. The number of methoxy groups -OCH3 is 4. The highest BCUT2D eigenvalue weighted by Gasteiger charge is 2.27. The number of aryl methyl sites for hydroxylation is 2. The fourth-order valence-electron chi connectivity index (χ4n) is 14.7. The van der Waals surface area contributed by atoms with Gasteiger partial charge in [-0.3, -0.25) is 19.2 Å². The number of aromatic nitrogens is 8. The minimum Gasteiger partial charge on any atom is -0.493 e. The van der Waals surface area contributed by atoms with Gasteiger partial charge in [-0.2, -0.15) is 0 Å². The number of hydrogen-bond donors (Lipinski definition) is 6. The molecule has 0 atom stereocenters. The van der Waals surface area contributed by atoms with Gasteiger partial charge in [-0.25, -0.2) is 19.9 Å². The SMILES string of the molecule is COCCOCCOCCNC(=O)CCCOc1cccc(OCCCC(=O)NCCOCCOCCOC)c1-c1c2nc(c(-c3cc(OCCCCCCn4ccnc4)c(C)c(OCCCCCCn4ccnc4)c3)c3ccc([nH]3)c(-c3c(OCCCC(=O)NCCOCCOCCOC)cccc3OCCCC(=O)NCCOCCOCCOC)c3nc(cc4ccc1[nH]4)C=C3)C=C2. The summed E-state index contributed by atoms with van der Waals surface area (Å²) in [5.41, 5.74) is 9.56. The molecule has 34 nitrogen and oxygen atoms in total. The molecule has 0 aliphatic carbocycles. The number of imidazole rings is 2. The largest absolute Gasteiger partial charge is 0.493 e. The maximum Gasteiger partial charge on any atom is 0.220 e. The second-order valence-corrected chi connectivity index (χ2v) is 31.9. The molecule has 2 aliphatic heterocycles. The number of carbonyl (C=O) groups excluding carboxylic acids is 4. The number of aromatic amines is 2. The van der Waals surface area contributed by atoms with Crippen molar-refractivity contribution in [2.75, 3.05) is 226 Å². The van der Waals surface area contributed by atoms with E-state index in [0.29, 0.717) is 304 Å². The molecule has 34 heteroatoms. The van der Waals surface area contributed by atoms with Gasteiger partial charge in [-0.1, -0.05) is 37.8 Å². The Kier molecular flexibility index (Phi) is 50.2. The Morgan fingerprint density at radius 1 is 0.319 bits per heavy atom. The monoisotopic (exact) mass is 1870 g/mol. The van der Waals surface area contributed by atoms with E-state index in [4.69, 9.17) is 95.2 Å². The number of rotatable bonds is 75. The normalized spacial score (nSPS) is 11.7. The van der Waals surface area contributed by atoms with Gasteiger partial charge in [0.25, 0.3) is 0 Å². The Hall–Kier alpha value is -11.1. The minimum absolute atomic E-state index is 0.149. The molecule has 736 valence electrons. The lowest BCUT2D eigenvalue weighted by Gasteiger charge is -2.18. The van der Waals surface area contributed by atoms with Gasteiger partial charge in [0, 0.05) is 162 Å². The molecule has 135 heavy (non-hydrogen) atoms. The zero-order valence-electron chi connectivity index (χ0n) is 79.4. The second-order valence-electron chi connectivity index (χ2n) is 31.9. The summed E-state index contributed by atoms with van der Waals surface area (Å²) >= 11 is 0. The number of carbonyl (C=O) groups is 4. The van der Waals surface area contributed by atoms with Crippen LogP contribution in [0.2, 0.25) is 0 Å². The van der Waals surface area contributed by atoms with E-state index in [9.17, 15) is 19.2 Å². The average Bonchev–Trinajstić information content (AvgIpc) is 1.62.